The summed E-state index contributed by atoms with van der Waals surface area (Å²) < 4.78 is 74.1. The molecule has 0 aromatic heterocycles. The lowest BCUT2D eigenvalue weighted by molar-refractivity contribution is -0.142. The van der Waals surface area contributed by atoms with Crippen molar-refractivity contribution in [2.24, 2.45) is 4.99 Å². The van der Waals surface area contributed by atoms with Crippen molar-refractivity contribution >= 4 is 29.9 Å². The van der Waals surface area contributed by atoms with E-state index in [0.29, 0.717) is 18.9 Å². The zero-order valence-corrected chi connectivity index (χ0v) is 17.2. The monoisotopic (exact) mass is 512 g/mol. The third-order valence-electron chi connectivity index (χ3n) is 3.45. The topological polar surface area (TPSA) is 39.7 Å². The highest BCUT2D eigenvalue weighted by Crippen LogP contribution is 2.29. The van der Waals surface area contributed by atoms with Crippen molar-refractivity contribution in [1.82, 2.24) is 15.5 Å². The Morgan fingerprint density at radius 3 is 2.04 bits per heavy atom. The molecule has 1 aromatic rings. The molecule has 0 aliphatic heterocycles. The van der Waals surface area contributed by atoms with Crippen LogP contribution in [0, 0.1) is 0 Å². The average Bonchev–Trinajstić information content (AvgIpc) is 2.51. The van der Waals surface area contributed by atoms with Crippen LogP contribution in [0.5, 0.6) is 0 Å². The van der Waals surface area contributed by atoms with E-state index < -0.39 is 24.5 Å². The van der Waals surface area contributed by atoms with Gasteiger partial charge in [0.25, 0.3) is 0 Å². The number of halogens is 7. The minimum Gasteiger partial charge on any atom is -0.356 e. The van der Waals surface area contributed by atoms with E-state index >= 15 is 0 Å². The van der Waals surface area contributed by atoms with Crippen LogP contribution in [-0.2, 0) is 12.6 Å². The van der Waals surface area contributed by atoms with Gasteiger partial charge < -0.3 is 10.6 Å². The van der Waals surface area contributed by atoms with E-state index in [2.05, 4.69) is 15.6 Å². The highest BCUT2D eigenvalue weighted by atomic mass is 127. The maximum absolute atomic E-state index is 12.5. The minimum absolute atomic E-state index is 0. The number of hydrogen-bond donors (Lipinski definition) is 2. The fraction of sp³-hybridized carbons (Fsp3) is 0.562. The Balaban J connectivity index is 0.00000676. The Bertz CT molecular complexity index is 572. The molecular formula is C16H23F6IN4. The van der Waals surface area contributed by atoms with E-state index in [-0.39, 0.29) is 37.1 Å². The highest BCUT2D eigenvalue weighted by Gasteiger charge is 2.30. The van der Waals surface area contributed by atoms with E-state index in [1.807, 2.05) is 0 Å². The molecule has 0 bridgehead atoms. The summed E-state index contributed by atoms with van der Waals surface area (Å²) in [6.45, 7) is -0.121. The number of likely N-dealkylation sites (N-methyl/N-ethyl adjacent to an activating group) is 1. The lowest BCUT2D eigenvalue weighted by Gasteiger charge is -2.19. The van der Waals surface area contributed by atoms with Gasteiger partial charge in [-0.25, -0.2) is 0 Å². The van der Waals surface area contributed by atoms with Crippen LogP contribution in [0.2, 0.25) is 0 Å². The first kappa shape index (κ1) is 25.8. The zero-order chi connectivity index (χ0) is 19.8. The molecule has 0 radical (unpaired) electrons. The number of aliphatic imine (C=N–C) groups is 1. The molecule has 0 spiro atoms. The molecule has 0 unspecified atom stereocenters. The average molecular weight is 512 g/mol. The second-order valence-electron chi connectivity index (χ2n) is 5.72. The fourth-order valence-electron chi connectivity index (χ4n) is 2.16. The van der Waals surface area contributed by atoms with Crippen molar-refractivity contribution in [3.63, 3.8) is 0 Å². The normalized spacial score (nSPS) is 12.7. The molecule has 0 saturated carbocycles. The number of hydrogen-bond acceptors (Lipinski definition) is 2. The van der Waals surface area contributed by atoms with Gasteiger partial charge in [-0.05, 0) is 31.2 Å². The van der Waals surface area contributed by atoms with E-state index in [1.165, 1.54) is 26.2 Å². The molecule has 11 heteroatoms. The van der Waals surface area contributed by atoms with Crippen LogP contribution in [0.25, 0.3) is 0 Å². The summed E-state index contributed by atoms with van der Waals surface area (Å²) in [4.78, 5) is 5.08. The molecule has 2 N–H and O–H groups in total. The molecule has 1 aromatic carbocycles. The van der Waals surface area contributed by atoms with E-state index in [1.54, 1.807) is 0 Å². The number of nitrogens with zero attached hydrogens (tertiary/aromatic N) is 2. The van der Waals surface area contributed by atoms with Gasteiger partial charge in [0.1, 0.15) is 0 Å². The van der Waals surface area contributed by atoms with Crippen LogP contribution in [-0.4, -0.2) is 57.3 Å². The highest BCUT2D eigenvalue weighted by molar-refractivity contribution is 14.0. The van der Waals surface area contributed by atoms with Crippen molar-refractivity contribution in [2.75, 3.05) is 40.3 Å². The Kier molecular flexibility index (Phi) is 11.0. The summed E-state index contributed by atoms with van der Waals surface area (Å²) in [6, 6.07) is 4.87. The molecule has 1 rings (SSSR count). The fourth-order valence-corrected chi connectivity index (χ4v) is 2.16. The summed E-state index contributed by atoms with van der Waals surface area (Å²) in [5.74, 6) is 0.414. The largest absolute Gasteiger partial charge is 0.416 e. The third-order valence-corrected chi connectivity index (χ3v) is 3.45. The molecule has 0 amide bonds. The molecule has 156 valence electrons. The molecule has 0 heterocycles. The molecule has 0 atom stereocenters. The van der Waals surface area contributed by atoms with E-state index in [0.717, 1.165) is 22.6 Å². The van der Waals surface area contributed by atoms with E-state index in [9.17, 15) is 26.3 Å². The molecular weight excluding hydrogens is 489 g/mol. The van der Waals surface area contributed by atoms with Gasteiger partial charge in [-0.3, -0.25) is 9.89 Å². The van der Waals surface area contributed by atoms with Crippen LogP contribution in [0.4, 0.5) is 26.3 Å². The van der Waals surface area contributed by atoms with Gasteiger partial charge in [-0.1, -0.05) is 12.1 Å². The van der Waals surface area contributed by atoms with Gasteiger partial charge in [0.05, 0.1) is 12.1 Å². The van der Waals surface area contributed by atoms with Gasteiger partial charge in [-0.15, -0.1) is 24.0 Å². The molecule has 4 nitrogen and oxygen atoms in total. The van der Waals surface area contributed by atoms with Crippen LogP contribution in [0.15, 0.2) is 29.3 Å². The van der Waals surface area contributed by atoms with Crippen molar-refractivity contribution in [3.05, 3.63) is 35.4 Å². The van der Waals surface area contributed by atoms with Crippen molar-refractivity contribution in [2.45, 2.75) is 18.8 Å². The maximum Gasteiger partial charge on any atom is 0.416 e. The van der Waals surface area contributed by atoms with Gasteiger partial charge in [0.2, 0.25) is 0 Å². The standard InChI is InChI=1S/C16H22F6N4.HI/c1-23-14(25-9-10-26(2)11-15(17,18)19)24-8-7-12-3-5-13(6-4-12)16(20,21)22;/h3-6H,7-11H2,1-2H3,(H2,23,24,25);1H. The first-order valence-electron chi connectivity index (χ1n) is 7.87. The Labute approximate surface area is 171 Å². The SMILES string of the molecule is CN=C(NCCc1ccc(C(F)(F)F)cc1)NCCN(C)CC(F)(F)F.I. The number of guanidine groups is 1. The van der Waals surface area contributed by atoms with Crippen LogP contribution in [0.3, 0.4) is 0 Å². The summed E-state index contributed by atoms with van der Waals surface area (Å²) in [5, 5.41) is 5.84. The molecule has 27 heavy (non-hydrogen) atoms. The van der Waals surface area contributed by atoms with Crippen molar-refractivity contribution in [3.8, 4) is 0 Å². The van der Waals surface area contributed by atoms with E-state index in [4.69, 9.17) is 0 Å². The summed E-state index contributed by atoms with van der Waals surface area (Å²) in [5.41, 5.74) is 0.0283. The van der Waals surface area contributed by atoms with Crippen LogP contribution < -0.4 is 10.6 Å². The predicted molar refractivity (Wildman–Crippen MR) is 103 cm³/mol. The molecule has 0 fully saturated rings. The first-order chi connectivity index (χ1) is 12.0. The summed E-state index contributed by atoms with van der Waals surface area (Å²) >= 11 is 0. The second-order valence-corrected chi connectivity index (χ2v) is 5.72. The first-order valence-corrected chi connectivity index (χ1v) is 7.87. The maximum atomic E-state index is 12.5. The zero-order valence-electron chi connectivity index (χ0n) is 14.9. The Hall–Kier alpha value is -1.24. The number of benzene rings is 1. The molecule has 0 saturated heterocycles. The van der Waals surface area contributed by atoms with Crippen LogP contribution in [0.1, 0.15) is 11.1 Å². The quantitative estimate of drug-likeness (QED) is 0.254. The lowest BCUT2D eigenvalue weighted by atomic mass is 10.1. The van der Waals surface area contributed by atoms with Crippen molar-refractivity contribution in [1.29, 1.82) is 0 Å². The Morgan fingerprint density at radius 2 is 1.56 bits per heavy atom. The van der Waals surface area contributed by atoms with Gasteiger partial charge in [0.15, 0.2) is 5.96 Å². The van der Waals surface area contributed by atoms with Gasteiger partial charge in [0, 0.05) is 26.7 Å². The van der Waals surface area contributed by atoms with Crippen LogP contribution >= 0.6 is 24.0 Å². The lowest BCUT2D eigenvalue weighted by Crippen LogP contribution is -2.42. The number of alkyl halides is 6. The van der Waals surface area contributed by atoms with Crippen molar-refractivity contribution < 1.29 is 26.3 Å². The minimum atomic E-state index is -4.36. The number of nitrogens with one attached hydrogen (secondary N) is 2. The summed E-state index contributed by atoms with van der Waals surface area (Å²) in [6.07, 6.45) is -8.12. The molecule has 0 aliphatic carbocycles. The predicted octanol–water partition coefficient (Wildman–Crippen LogP) is 3.53. The molecule has 0 aliphatic rings. The van der Waals surface area contributed by atoms with Gasteiger partial charge >= 0.3 is 12.4 Å². The van der Waals surface area contributed by atoms with Gasteiger partial charge in [-0.2, -0.15) is 26.3 Å². The Morgan fingerprint density at radius 1 is 1.00 bits per heavy atom. The number of rotatable bonds is 7. The third kappa shape index (κ3) is 11.3. The second kappa shape index (κ2) is 11.6. The summed E-state index contributed by atoms with van der Waals surface area (Å²) in [7, 11) is 2.89. The smallest absolute Gasteiger partial charge is 0.356 e.